The van der Waals surface area contributed by atoms with Crippen LogP contribution in [0.1, 0.15) is 34.7 Å². The van der Waals surface area contributed by atoms with Crippen LogP contribution in [-0.2, 0) is 22.6 Å². The molecule has 1 fully saturated rings. The normalized spacial score (nSPS) is 15.9. The Balaban J connectivity index is 1.30. The van der Waals surface area contributed by atoms with E-state index in [2.05, 4.69) is 5.16 Å². The number of nitrogens with zero attached hydrogens (tertiary/aromatic N) is 2. The zero-order valence-corrected chi connectivity index (χ0v) is 19.7. The number of cyclic esters (lactones) is 1. The second-order valence-corrected chi connectivity index (χ2v) is 8.71. The quantitative estimate of drug-likeness (QED) is 0.319. The van der Waals surface area contributed by atoms with Crippen molar-refractivity contribution in [1.82, 2.24) is 10.1 Å². The van der Waals surface area contributed by atoms with Gasteiger partial charge in [0.2, 0.25) is 5.91 Å². The molecule has 2 amide bonds. The zero-order valence-electron chi connectivity index (χ0n) is 19.7. The summed E-state index contributed by atoms with van der Waals surface area (Å²) in [6.45, 7) is 0.646. The van der Waals surface area contributed by atoms with Crippen LogP contribution in [0.2, 0.25) is 0 Å². The first-order valence-corrected chi connectivity index (χ1v) is 11.9. The van der Waals surface area contributed by atoms with Gasteiger partial charge >= 0.3 is 6.09 Å². The van der Waals surface area contributed by atoms with Gasteiger partial charge in [0, 0.05) is 18.4 Å². The van der Waals surface area contributed by atoms with Crippen molar-refractivity contribution in [2.75, 3.05) is 6.61 Å². The van der Waals surface area contributed by atoms with Crippen LogP contribution in [0.3, 0.4) is 0 Å². The van der Waals surface area contributed by atoms with Crippen molar-refractivity contribution < 1.29 is 23.6 Å². The van der Waals surface area contributed by atoms with E-state index in [4.69, 9.17) is 14.0 Å². The van der Waals surface area contributed by atoms with Gasteiger partial charge in [0.15, 0.2) is 0 Å². The molecular weight excluding hydrogens is 456 g/mol. The molecular formula is C29H26N2O5. The van der Waals surface area contributed by atoms with Gasteiger partial charge in [0.05, 0.1) is 11.7 Å². The van der Waals surface area contributed by atoms with Crippen LogP contribution in [0.5, 0.6) is 5.75 Å². The van der Waals surface area contributed by atoms with Gasteiger partial charge in [-0.2, -0.15) is 0 Å². The van der Waals surface area contributed by atoms with E-state index in [0.29, 0.717) is 18.7 Å². The number of hydrogen-bond donors (Lipinski definition) is 0. The summed E-state index contributed by atoms with van der Waals surface area (Å²) in [6.07, 6.45) is 1.47. The van der Waals surface area contributed by atoms with E-state index >= 15 is 0 Å². The predicted molar refractivity (Wildman–Crippen MR) is 132 cm³/mol. The molecule has 2 atom stereocenters. The minimum absolute atomic E-state index is 0.0527. The monoisotopic (exact) mass is 482 g/mol. The summed E-state index contributed by atoms with van der Waals surface area (Å²) >= 11 is 0. The second-order valence-electron chi connectivity index (χ2n) is 8.71. The minimum Gasteiger partial charge on any atom is -0.489 e. The van der Waals surface area contributed by atoms with Gasteiger partial charge in [-0.1, -0.05) is 78.0 Å². The van der Waals surface area contributed by atoms with Crippen LogP contribution in [0.4, 0.5) is 4.79 Å². The SMILES string of the molecule is O=C(C[C@@H](c1ccc(OCc2ccccc2)cc1)c1ccon1)N1C(=O)OC[C@@H]1Cc1ccccc1. The highest BCUT2D eigenvalue weighted by molar-refractivity contribution is 5.94. The lowest BCUT2D eigenvalue weighted by molar-refractivity contribution is -0.129. The average molecular weight is 483 g/mol. The number of amides is 2. The highest BCUT2D eigenvalue weighted by Gasteiger charge is 2.39. The first-order chi connectivity index (χ1) is 17.7. The number of benzene rings is 3. The third-order valence-electron chi connectivity index (χ3n) is 6.27. The molecule has 1 aromatic heterocycles. The molecule has 0 spiro atoms. The molecule has 7 nitrogen and oxygen atoms in total. The predicted octanol–water partition coefficient (Wildman–Crippen LogP) is 5.37. The Kier molecular flexibility index (Phi) is 7.07. The lowest BCUT2D eigenvalue weighted by Gasteiger charge is -2.22. The van der Waals surface area contributed by atoms with Gasteiger partial charge in [-0.25, -0.2) is 9.69 Å². The smallest absolute Gasteiger partial charge is 0.416 e. The van der Waals surface area contributed by atoms with Crippen LogP contribution in [0, 0.1) is 0 Å². The fraction of sp³-hybridized carbons (Fsp3) is 0.207. The fourth-order valence-electron chi connectivity index (χ4n) is 4.41. The Morgan fingerprint density at radius 3 is 2.31 bits per heavy atom. The first kappa shape index (κ1) is 23.4. The van der Waals surface area contributed by atoms with Crippen LogP contribution < -0.4 is 4.74 Å². The summed E-state index contributed by atoms with van der Waals surface area (Å²) in [5.41, 5.74) is 3.61. The van der Waals surface area contributed by atoms with Crippen molar-refractivity contribution >= 4 is 12.0 Å². The molecule has 182 valence electrons. The Labute approximate surface area is 209 Å². The third-order valence-corrected chi connectivity index (χ3v) is 6.27. The van der Waals surface area contributed by atoms with E-state index < -0.39 is 6.09 Å². The van der Waals surface area contributed by atoms with Gasteiger partial charge in [-0.15, -0.1) is 0 Å². The Morgan fingerprint density at radius 2 is 1.64 bits per heavy atom. The molecule has 7 heteroatoms. The maximum atomic E-state index is 13.4. The molecule has 1 aliphatic heterocycles. The molecule has 36 heavy (non-hydrogen) atoms. The molecule has 4 aromatic rings. The van der Waals surface area contributed by atoms with Gasteiger partial charge in [0.25, 0.3) is 0 Å². The number of carbonyl (C=O) groups is 2. The number of hydrogen-bond acceptors (Lipinski definition) is 6. The summed E-state index contributed by atoms with van der Waals surface area (Å²) in [7, 11) is 0. The van der Waals surface area contributed by atoms with E-state index in [1.807, 2.05) is 84.9 Å². The second kappa shape index (κ2) is 10.9. The van der Waals surface area contributed by atoms with E-state index in [9.17, 15) is 9.59 Å². The largest absolute Gasteiger partial charge is 0.489 e. The standard InChI is InChI=1S/C29H26N2O5/c32-28(31-24(20-35-29(31)33)17-21-7-3-1-4-8-21)18-26(27-15-16-36-30-27)23-11-13-25(14-12-23)34-19-22-9-5-2-6-10-22/h1-16,24,26H,17-20H2/t24-,26-/m0/s1. The molecule has 0 N–H and O–H groups in total. The number of ether oxygens (including phenoxy) is 2. The third kappa shape index (κ3) is 5.46. The highest BCUT2D eigenvalue weighted by Crippen LogP contribution is 2.31. The van der Waals surface area contributed by atoms with Gasteiger partial charge in [0.1, 0.15) is 25.2 Å². The summed E-state index contributed by atoms with van der Waals surface area (Å²) in [5, 5.41) is 4.08. The Bertz CT molecular complexity index is 1270. The van der Waals surface area contributed by atoms with Crippen LogP contribution in [0.25, 0.3) is 0 Å². The summed E-state index contributed by atoms with van der Waals surface area (Å²) in [4.78, 5) is 27.1. The van der Waals surface area contributed by atoms with Crippen molar-refractivity contribution in [3.05, 3.63) is 120 Å². The minimum atomic E-state index is -0.607. The number of aromatic nitrogens is 1. The zero-order chi connectivity index (χ0) is 24.7. The maximum Gasteiger partial charge on any atom is 0.416 e. The number of carbonyl (C=O) groups excluding carboxylic acids is 2. The van der Waals surface area contributed by atoms with Crippen LogP contribution >= 0.6 is 0 Å². The first-order valence-electron chi connectivity index (χ1n) is 11.9. The van der Waals surface area contributed by atoms with E-state index in [-0.39, 0.29) is 30.9 Å². The number of imide groups is 1. The molecule has 0 aliphatic carbocycles. The molecule has 2 heterocycles. The lowest BCUT2D eigenvalue weighted by Crippen LogP contribution is -2.40. The average Bonchev–Trinajstić information content (AvgIpc) is 3.58. The Morgan fingerprint density at radius 1 is 0.944 bits per heavy atom. The lowest BCUT2D eigenvalue weighted by atomic mass is 9.91. The maximum absolute atomic E-state index is 13.4. The summed E-state index contributed by atoms with van der Waals surface area (Å²) < 4.78 is 16.2. The van der Waals surface area contributed by atoms with Gasteiger partial charge < -0.3 is 14.0 Å². The fourth-order valence-corrected chi connectivity index (χ4v) is 4.41. The molecule has 0 radical (unpaired) electrons. The van der Waals surface area contributed by atoms with Crippen molar-refractivity contribution in [2.45, 2.75) is 31.4 Å². The van der Waals surface area contributed by atoms with Gasteiger partial charge in [-0.3, -0.25) is 4.79 Å². The van der Waals surface area contributed by atoms with E-state index in [0.717, 1.165) is 22.4 Å². The molecule has 0 saturated carbocycles. The molecule has 0 unspecified atom stereocenters. The van der Waals surface area contributed by atoms with E-state index in [1.54, 1.807) is 6.07 Å². The van der Waals surface area contributed by atoms with Crippen molar-refractivity contribution in [2.24, 2.45) is 0 Å². The van der Waals surface area contributed by atoms with E-state index in [1.165, 1.54) is 11.2 Å². The molecule has 3 aromatic carbocycles. The number of rotatable bonds is 9. The Hall–Kier alpha value is -4.39. The topological polar surface area (TPSA) is 81.9 Å². The van der Waals surface area contributed by atoms with Crippen molar-refractivity contribution in [3.63, 3.8) is 0 Å². The summed E-state index contributed by atoms with van der Waals surface area (Å²) in [6, 6.07) is 28.7. The van der Waals surface area contributed by atoms with Crippen molar-refractivity contribution in [1.29, 1.82) is 0 Å². The highest BCUT2D eigenvalue weighted by atomic mass is 16.6. The molecule has 5 rings (SSSR count). The molecule has 0 bridgehead atoms. The molecule has 1 saturated heterocycles. The van der Waals surface area contributed by atoms with Crippen LogP contribution in [-0.4, -0.2) is 34.7 Å². The van der Waals surface area contributed by atoms with Crippen molar-refractivity contribution in [3.8, 4) is 5.75 Å². The molecule has 1 aliphatic rings. The summed E-state index contributed by atoms with van der Waals surface area (Å²) in [5.74, 6) is 0.0277. The van der Waals surface area contributed by atoms with Gasteiger partial charge in [-0.05, 0) is 35.2 Å². The van der Waals surface area contributed by atoms with Crippen LogP contribution in [0.15, 0.2) is 102 Å².